The maximum absolute atomic E-state index is 11.5. The Hall–Kier alpha value is -0.910. The SMILES string of the molecule is CC(C)CONCC(=O)Nc1ccccc1Br. The van der Waals surface area contributed by atoms with Gasteiger partial charge in [0.25, 0.3) is 0 Å². The molecule has 94 valence electrons. The fourth-order valence-electron chi connectivity index (χ4n) is 1.10. The van der Waals surface area contributed by atoms with Gasteiger partial charge >= 0.3 is 0 Å². The summed E-state index contributed by atoms with van der Waals surface area (Å²) in [6.07, 6.45) is 0. The highest BCUT2D eigenvalue weighted by molar-refractivity contribution is 9.10. The van der Waals surface area contributed by atoms with Gasteiger partial charge in [-0.15, -0.1) is 0 Å². The number of amides is 1. The van der Waals surface area contributed by atoms with Crippen LogP contribution in [0, 0.1) is 5.92 Å². The highest BCUT2D eigenvalue weighted by Crippen LogP contribution is 2.20. The van der Waals surface area contributed by atoms with E-state index in [0.29, 0.717) is 12.5 Å². The molecule has 0 atom stereocenters. The molecule has 0 spiro atoms. The second-order valence-electron chi connectivity index (χ2n) is 4.05. The fraction of sp³-hybridized carbons (Fsp3) is 0.417. The Balaban J connectivity index is 2.28. The highest BCUT2D eigenvalue weighted by atomic mass is 79.9. The Morgan fingerprint density at radius 1 is 1.41 bits per heavy atom. The molecule has 17 heavy (non-hydrogen) atoms. The minimum absolute atomic E-state index is 0.133. The van der Waals surface area contributed by atoms with Crippen LogP contribution in [-0.2, 0) is 9.63 Å². The van der Waals surface area contributed by atoms with Gasteiger partial charge < -0.3 is 10.2 Å². The van der Waals surface area contributed by atoms with E-state index in [9.17, 15) is 4.79 Å². The van der Waals surface area contributed by atoms with Crippen molar-refractivity contribution in [3.63, 3.8) is 0 Å². The molecule has 1 amide bonds. The van der Waals surface area contributed by atoms with Gasteiger partial charge in [-0.1, -0.05) is 26.0 Å². The van der Waals surface area contributed by atoms with Crippen molar-refractivity contribution in [2.45, 2.75) is 13.8 Å². The normalized spacial score (nSPS) is 10.6. The van der Waals surface area contributed by atoms with Crippen LogP contribution in [0.25, 0.3) is 0 Å². The van der Waals surface area contributed by atoms with Crippen molar-refractivity contribution in [2.24, 2.45) is 5.92 Å². The van der Waals surface area contributed by atoms with Gasteiger partial charge in [-0.25, -0.2) is 0 Å². The van der Waals surface area contributed by atoms with Crippen molar-refractivity contribution in [1.82, 2.24) is 5.48 Å². The van der Waals surface area contributed by atoms with Crippen LogP contribution in [0.15, 0.2) is 28.7 Å². The number of para-hydroxylation sites is 1. The van der Waals surface area contributed by atoms with Gasteiger partial charge in [0.1, 0.15) is 6.54 Å². The number of benzene rings is 1. The molecule has 0 bridgehead atoms. The Kier molecular flexibility index (Phi) is 6.18. The van der Waals surface area contributed by atoms with E-state index in [1.807, 2.05) is 38.1 Å². The number of halogens is 1. The molecule has 0 aliphatic heterocycles. The van der Waals surface area contributed by atoms with Crippen LogP contribution in [0.5, 0.6) is 0 Å². The van der Waals surface area contributed by atoms with Crippen LogP contribution in [-0.4, -0.2) is 19.1 Å². The van der Waals surface area contributed by atoms with E-state index >= 15 is 0 Å². The van der Waals surface area contributed by atoms with Gasteiger partial charge in [0.2, 0.25) is 5.91 Å². The third kappa shape index (κ3) is 5.81. The Bertz CT molecular complexity index is 369. The molecule has 1 rings (SSSR count). The zero-order valence-corrected chi connectivity index (χ0v) is 11.6. The largest absolute Gasteiger partial charge is 0.324 e. The molecule has 0 aromatic heterocycles. The number of rotatable bonds is 6. The van der Waals surface area contributed by atoms with E-state index < -0.39 is 0 Å². The second kappa shape index (κ2) is 7.42. The highest BCUT2D eigenvalue weighted by Gasteiger charge is 2.04. The molecule has 0 fully saturated rings. The summed E-state index contributed by atoms with van der Waals surface area (Å²) in [5.41, 5.74) is 3.38. The fourth-order valence-corrected chi connectivity index (χ4v) is 1.48. The Morgan fingerprint density at radius 2 is 2.12 bits per heavy atom. The molecule has 0 saturated carbocycles. The average molecular weight is 301 g/mol. The van der Waals surface area contributed by atoms with E-state index in [4.69, 9.17) is 4.84 Å². The molecule has 4 nitrogen and oxygen atoms in total. The van der Waals surface area contributed by atoms with Gasteiger partial charge in [-0.05, 0) is 34.0 Å². The van der Waals surface area contributed by atoms with Gasteiger partial charge in [-0.3, -0.25) is 4.79 Å². The van der Waals surface area contributed by atoms with Gasteiger partial charge in [0, 0.05) is 4.47 Å². The van der Waals surface area contributed by atoms with Gasteiger partial charge in [0.05, 0.1) is 12.3 Å². The van der Waals surface area contributed by atoms with Crippen molar-refractivity contribution in [3.05, 3.63) is 28.7 Å². The molecular weight excluding hydrogens is 284 g/mol. The van der Waals surface area contributed by atoms with Crippen molar-refractivity contribution < 1.29 is 9.63 Å². The van der Waals surface area contributed by atoms with Crippen LogP contribution in [0.4, 0.5) is 5.69 Å². The lowest BCUT2D eigenvalue weighted by Crippen LogP contribution is -2.29. The summed E-state index contributed by atoms with van der Waals surface area (Å²) in [5.74, 6) is 0.300. The third-order valence-electron chi connectivity index (χ3n) is 1.90. The molecular formula is C12H17BrN2O2. The zero-order valence-electron chi connectivity index (χ0n) is 10.00. The predicted octanol–water partition coefficient (Wildman–Crippen LogP) is 2.56. The maximum Gasteiger partial charge on any atom is 0.240 e. The van der Waals surface area contributed by atoms with E-state index in [-0.39, 0.29) is 12.5 Å². The first-order valence-corrected chi connectivity index (χ1v) is 6.28. The maximum atomic E-state index is 11.5. The number of hydrogen-bond acceptors (Lipinski definition) is 3. The Labute approximate surface area is 110 Å². The van der Waals surface area contributed by atoms with Gasteiger partial charge in [0.15, 0.2) is 0 Å². The number of carbonyl (C=O) groups excluding carboxylic acids is 1. The lowest BCUT2D eigenvalue weighted by molar-refractivity contribution is -0.118. The topological polar surface area (TPSA) is 50.4 Å². The van der Waals surface area contributed by atoms with Crippen LogP contribution < -0.4 is 10.8 Å². The molecule has 0 unspecified atom stereocenters. The summed E-state index contributed by atoms with van der Waals surface area (Å²) in [5, 5.41) is 2.77. The van der Waals surface area contributed by atoms with Crippen molar-refractivity contribution >= 4 is 27.5 Å². The van der Waals surface area contributed by atoms with E-state index in [2.05, 4.69) is 26.7 Å². The number of anilines is 1. The van der Waals surface area contributed by atoms with Crippen molar-refractivity contribution in [3.8, 4) is 0 Å². The standard InChI is InChI=1S/C12H17BrN2O2/c1-9(2)8-17-14-7-12(16)15-11-6-4-3-5-10(11)13/h3-6,9,14H,7-8H2,1-2H3,(H,15,16). The molecule has 0 aliphatic rings. The summed E-state index contributed by atoms with van der Waals surface area (Å²) in [7, 11) is 0. The van der Waals surface area contributed by atoms with Crippen molar-refractivity contribution in [2.75, 3.05) is 18.5 Å². The lowest BCUT2D eigenvalue weighted by atomic mass is 10.2. The third-order valence-corrected chi connectivity index (χ3v) is 2.59. The summed E-state index contributed by atoms with van der Waals surface area (Å²) in [4.78, 5) is 16.6. The molecule has 1 aromatic carbocycles. The number of hydroxylamine groups is 1. The molecule has 5 heteroatoms. The molecule has 0 saturated heterocycles. The van der Waals surface area contributed by atoms with Gasteiger partial charge in [-0.2, -0.15) is 5.48 Å². The van der Waals surface area contributed by atoms with Crippen molar-refractivity contribution in [1.29, 1.82) is 0 Å². The first kappa shape index (κ1) is 14.2. The lowest BCUT2D eigenvalue weighted by Gasteiger charge is -2.09. The average Bonchev–Trinajstić information content (AvgIpc) is 2.27. The Morgan fingerprint density at radius 3 is 2.76 bits per heavy atom. The van der Waals surface area contributed by atoms with E-state index in [0.717, 1.165) is 10.2 Å². The van der Waals surface area contributed by atoms with Crippen LogP contribution in [0.3, 0.4) is 0 Å². The minimum Gasteiger partial charge on any atom is -0.324 e. The molecule has 0 aliphatic carbocycles. The number of carbonyl (C=O) groups is 1. The summed E-state index contributed by atoms with van der Waals surface area (Å²) >= 11 is 3.36. The number of nitrogens with one attached hydrogen (secondary N) is 2. The molecule has 0 radical (unpaired) electrons. The van der Waals surface area contributed by atoms with E-state index in [1.54, 1.807) is 0 Å². The summed E-state index contributed by atoms with van der Waals surface area (Å²) in [6, 6.07) is 7.46. The summed E-state index contributed by atoms with van der Waals surface area (Å²) in [6.45, 7) is 4.81. The van der Waals surface area contributed by atoms with Crippen LogP contribution >= 0.6 is 15.9 Å². The van der Waals surface area contributed by atoms with E-state index in [1.165, 1.54) is 0 Å². The minimum atomic E-state index is -0.138. The first-order valence-electron chi connectivity index (χ1n) is 5.48. The monoisotopic (exact) mass is 300 g/mol. The predicted molar refractivity (Wildman–Crippen MR) is 71.6 cm³/mol. The van der Waals surface area contributed by atoms with Crippen LogP contribution in [0.2, 0.25) is 0 Å². The molecule has 1 aromatic rings. The zero-order chi connectivity index (χ0) is 12.7. The quantitative estimate of drug-likeness (QED) is 0.627. The molecule has 0 heterocycles. The smallest absolute Gasteiger partial charge is 0.240 e. The second-order valence-corrected chi connectivity index (χ2v) is 4.91. The van der Waals surface area contributed by atoms with Crippen LogP contribution in [0.1, 0.15) is 13.8 Å². The molecule has 2 N–H and O–H groups in total. The first-order chi connectivity index (χ1) is 8.09. The number of hydrogen-bond donors (Lipinski definition) is 2. The summed E-state index contributed by atoms with van der Waals surface area (Å²) < 4.78 is 0.858.